The predicted octanol–water partition coefficient (Wildman–Crippen LogP) is 2.59. The number of carboxylic acids is 1. The highest BCUT2D eigenvalue weighted by Gasteiger charge is 2.46. The summed E-state index contributed by atoms with van der Waals surface area (Å²) in [6.45, 7) is 2.13. The van der Waals surface area contributed by atoms with Gasteiger partial charge in [-0.05, 0) is 47.8 Å². The van der Waals surface area contributed by atoms with Gasteiger partial charge in [-0.2, -0.15) is 0 Å². The van der Waals surface area contributed by atoms with Gasteiger partial charge in [-0.1, -0.05) is 0 Å². The molecule has 1 aromatic heterocycles. The van der Waals surface area contributed by atoms with E-state index in [4.69, 9.17) is 0 Å². The van der Waals surface area contributed by atoms with E-state index >= 15 is 0 Å². The summed E-state index contributed by atoms with van der Waals surface area (Å²) >= 11 is 4.63. The van der Waals surface area contributed by atoms with Gasteiger partial charge in [0, 0.05) is 6.54 Å². The molecule has 0 aliphatic carbocycles. The van der Waals surface area contributed by atoms with Crippen molar-refractivity contribution in [3.63, 3.8) is 0 Å². The number of aliphatic carboxylic acids is 1. The summed E-state index contributed by atoms with van der Waals surface area (Å²) in [5.74, 6) is -1.12. The first-order chi connectivity index (χ1) is 7.95. The second-order valence-electron chi connectivity index (χ2n) is 4.24. The number of hydrogen-bond donors (Lipinski definition) is 1. The second-order valence-corrected chi connectivity index (χ2v) is 6.71. The van der Waals surface area contributed by atoms with Crippen molar-refractivity contribution in [3.8, 4) is 0 Å². The monoisotopic (exact) mass is 317 g/mol. The van der Waals surface area contributed by atoms with E-state index in [9.17, 15) is 14.7 Å². The van der Waals surface area contributed by atoms with E-state index in [1.54, 1.807) is 19.1 Å². The normalized spacial score (nSPS) is 24.0. The molecule has 4 nitrogen and oxygen atoms in total. The lowest BCUT2D eigenvalue weighted by Gasteiger charge is -2.30. The summed E-state index contributed by atoms with van der Waals surface area (Å²) in [6.07, 6.45) is 1.25. The number of carbonyl (C=O) groups excluding carboxylic acids is 1. The Labute approximate surface area is 111 Å². The molecule has 1 fully saturated rings. The van der Waals surface area contributed by atoms with Gasteiger partial charge in [0.15, 0.2) is 0 Å². The summed E-state index contributed by atoms with van der Waals surface area (Å²) in [5, 5.41) is 9.24. The average Bonchev–Trinajstić information content (AvgIpc) is 2.85. The number of amides is 1. The molecule has 1 aromatic rings. The van der Waals surface area contributed by atoms with E-state index in [1.165, 1.54) is 16.2 Å². The topological polar surface area (TPSA) is 57.6 Å². The summed E-state index contributed by atoms with van der Waals surface area (Å²) in [7, 11) is 0. The Kier molecular flexibility index (Phi) is 3.27. The maximum atomic E-state index is 12.2. The van der Waals surface area contributed by atoms with Crippen LogP contribution in [0.4, 0.5) is 0 Å². The molecular weight excluding hydrogens is 306 g/mol. The Bertz CT molecular complexity index is 473. The maximum absolute atomic E-state index is 12.2. The van der Waals surface area contributed by atoms with Crippen LogP contribution >= 0.6 is 27.3 Å². The van der Waals surface area contributed by atoms with Gasteiger partial charge in [0.1, 0.15) is 5.54 Å². The Balaban J connectivity index is 2.28. The first kappa shape index (κ1) is 12.6. The van der Waals surface area contributed by atoms with E-state index < -0.39 is 11.5 Å². The van der Waals surface area contributed by atoms with Crippen molar-refractivity contribution < 1.29 is 14.7 Å². The molecule has 2 rings (SSSR count). The molecule has 1 atom stereocenters. The first-order valence-corrected chi connectivity index (χ1v) is 6.87. The van der Waals surface area contributed by atoms with Crippen LogP contribution in [0.5, 0.6) is 0 Å². The third-order valence-electron chi connectivity index (χ3n) is 3.13. The highest BCUT2D eigenvalue weighted by Crippen LogP contribution is 2.32. The molecule has 1 aliphatic rings. The molecule has 92 valence electrons. The van der Waals surface area contributed by atoms with Crippen molar-refractivity contribution in [3.05, 3.63) is 20.8 Å². The van der Waals surface area contributed by atoms with Crippen LogP contribution in [0.1, 0.15) is 29.4 Å². The number of carboxylic acid groups (broad SMARTS) is 1. The molecule has 6 heteroatoms. The zero-order valence-corrected chi connectivity index (χ0v) is 11.7. The van der Waals surface area contributed by atoms with E-state index in [0.717, 1.165) is 10.2 Å². The molecule has 0 radical (unpaired) electrons. The Morgan fingerprint density at radius 3 is 2.76 bits per heavy atom. The SMILES string of the molecule is CC1(C(=O)O)CCCN1C(=O)c1ccc(Br)s1. The molecule has 0 saturated carbocycles. The molecule has 0 aromatic carbocycles. The average molecular weight is 318 g/mol. The standard InChI is InChI=1S/C11H12BrNO3S/c1-11(10(15)16)5-2-6-13(11)9(14)7-3-4-8(12)17-7/h3-4H,2,5-6H2,1H3,(H,15,16). The number of rotatable bonds is 2. The molecule has 1 N–H and O–H groups in total. The van der Waals surface area contributed by atoms with Crippen molar-refractivity contribution in [1.82, 2.24) is 4.90 Å². The first-order valence-electron chi connectivity index (χ1n) is 5.26. The van der Waals surface area contributed by atoms with Gasteiger partial charge in [-0.25, -0.2) is 4.79 Å². The van der Waals surface area contributed by atoms with Crippen LogP contribution in [0.25, 0.3) is 0 Å². The highest BCUT2D eigenvalue weighted by molar-refractivity contribution is 9.11. The van der Waals surface area contributed by atoms with E-state index in [2.05, 4.69) is 15.9 Å². The van der Waals surface area contributed by atoms with E-state index in [-0.39, 0.29) is 5.91 Å². The quantitative estimate of drug-likeness (QED) is 0.912. The fraction of sp³-hybridized carbons (Fsp3) is 0.455. The van der Waals surface area contributed by atoms with Crippen molar-refractivity contribution in [1.29, 1.82) is 0 Å². The molecule has 17 heavy (non-hydrogen) atoms. The molecule has 1 saturated heterocycles. The number of halogens is 1. The molecule has 1 aliphatic heterocycles. The van der Waals surface area contributed by atoms with E-state index in [1.807, 2.05) is 0 Å². The summed E-state index contributed by atoms with van der Waals surface area (Å²) in [4.78, 5) is 25.5. The Morgan fingerprint density at radius 1 is 1.53 bits per heavy atom. The summed E-state index contributed by atoms with van der Waals surface area (Å²) < 4.78 is 0.872. The lowest BCUT2D eigenvalue weighted by Crippen LogP contribution is -2.50. The highest BCUT2D eigenvalue weighted by atomic mass is 79.9. The predicted molar refractivity (Wildman–Crippen MR) is 68.3 cm³/mol. The largest absolute Gasteiger partial charge is 0.480 e. The van der Waals surface area contributed by atoms with Crippen molar-refractivity contribution >= 4 is 39.1 Å². The fourth-order valence-electron chi connectivity index (χ4n) is 2.07. The zero-order chi connectivity index (χ0) is 12.6. The van der Waals surface area contributed by atoms with Gasteiger partial charge in [0.25, 0.3) is 5.91 Å². The van der Waals surface area contributed by atoms with Crippen LogP contribution in [-0.2, 0) is 4.79 Å². The van der Waals surface area contributed by atoms with Gasteiger partial charge >= 0.3 is 5.97 Å². The summed E-state index contributed by atoms with van der Waals surface area (Å²) in [5.41, 5.74) is -1.06. The van der Waals surface area contributed by atoms with Crippen molar-refractivity contribution in [2.75, 3.05) is 6.54 Å². The van der Waals surface area contributed by atoms with Crippen molar-refractivity contribution in [2.45, 2.75) is 25.3 Å². The second kappa shape index (κ2) is 4.42. The summed E-state index contributed by atoms with van der Waals surface area (Å²) in [6, 6.07) is 3.52. The Hall–Kier alpha value is -0.880. The lowest BCUT2D eigenvalue weighted by atomic mass is 9.99. The maximum Gasteiger partial charge on any atom is 0.329 e. The van der Waals surface area contributed by atoms with Gasteiger partial charge in [-0.15, -0.1) is 11.3 Å². The minimum Gasteiger partial charge on any atom is -0.480 e. The fourth-order valence-corrected chi connectivity index (χ4v) is 3.41. The third-order valence-corrected chi connectivity index (χ3v) is 4.74. The molecule has 1 amide bonds. The molecule has 1 unspecified atom stereocenters. The van der Waals surface area contributed by atoms with Crippen LogP contribution in [0.2, 0.25) is 0 Å². The smallest absolute Gasteiger partial charge is 0.329 e. The van der Waals surface area contributed by atoms with Gasteiger partial charge in [0.05, 0.1) is 8.66 Å². The molecule has 2 heterocycles. The number of likely N-dealkylation sites (tertiary alicyclic amines) is 1. The van der Waals surface area contributed by atoms with Crippen LogP contribution in [0.3, 0.4) is 0 Å². The third kappa shape index (κ3) is 2.11. The number of carbonyl (C=O) groups is 2. The van der Waals surface area contributed by atoms with Gasteiger partial charge < -0.3 is 10.0 Å². The van der Waals surface area contributed by atoms with E-state index in [0.29, 0.717) is 17.8 Å². The lowest BCUT2D eigenvalue weighted by molar-refractivity contribution is -0.147. The molecular formula is C11H12BrNO3S. The number of thiophene rings is 1. The zero-order valence-electron chi connectivity index (χ0n) is 9.27. The number of hydrogen-bond acceptors (Lipinski definition) is 3. The van der Waals surface area contributed by atoms with Gasteiger partial charge in [0.2, 0.25) is 0 Å². The molecule has 0 bridgehead atoms. The van der Waals surface area contributed by atoms with Crippen LogP contribution in [0, 0.1) is 0 Å². The minimum absolute atomic E-state index is 0.192. The Morgan fingerprint density at radius 2 is 2.24 bits per heavy atom. The van der Waals surface area contributed by atoms with Crippen LogP contribution in [-0.4, -0.2) is 34.0 Å². The minimum atomic E-state index is -1.06. The van der Waals surface area contributed by atoms with Crippen molar-refractivity contribution in [2.24, 2.45) is 0 Å². The molecule has 0 spiro atoms. The van der Waals surface area contributed by atoms with Crippen LogP contribution in [0.15, 0.2) is 15.9 Å². The van der Waals surface area contributed by atoms with Gasteiger partial charge in [-0.3, -0.25) is 4.79 Å². The van der Waals surface area contributed by atoms with Crippen LogP contribution < -0.4 is 0 Å². The number of nitrogens with zero attached hydrogens (tertiary/aromatic N) is 1.